The zero-order valence-corrected chi connectivity index (χ0v) is 18.5. The minimum absolute atomic E-state index is 0.290. The van der Waals surface area contributed by atoms with Gasteiger partial charge in [0.1, 0.15) is 5.75 Å². The molecule has 4 rings (SSSR count). The molecule has 1 atom stereocenters. The van der Waals surface area contributed by atoms with Gasteiger partial charge in [-0.15, -0.1) is 10.2 Å². The summed E-state index contributed by atoms with van der Waals surface area (Å²) in [6, 6.07) is 7.75. The van der Waals surface area contributed by atoms with E-state index >= 15 is 0 Å². The zero-order chi connectivity index (χ0) is 22.0. The van der Waals surface area contributed by atoms with Crippen molar-refractivity contribution in [2.24, 2.45) is 7.05 Å². The zero-order valence-electron chi connectivity index (χ0n) is 18.5. The molecule has 1 aromatic carbocycles. The number of carbonyl (C=O) groups is 1. The number of hydrogen-bond acceptors (Lipinski definition) is 7. The van der Waals surface area contributed by atoms with Gasteiger partial charge < -0.3 is 15.0 Å². The minimum Gasteiger partial charge on any atom is -0.493 e. The van der Waals surface area contributed by atoms with Gasteiger partial charge in [0, 0.05) is 50.4 Å². The lowest BCUT2D eigenvalue weighted by molar-refractivity contribution is 0.102. The SMILES string of the molecule is CCOc1cc2nn(C)cc2cc1C(=O)Nc1ccc(N2CCN(CC)C(C)C2)nn1. The van der Waals surface area contributed by atoms with E-state index in [0.29, 0.717) is 29.8 Å². The molecule has 0 saturated carbocycles. The van der Waals surface area contributed by atoms with Gasteiger partial charge in [0.05, 0.1) is 17.7 Å². The molecule has 31 heavy (non-hydrogen) atoms. The molecule has 1 aliphatic rings. The van der Waals surface area contributed by atoms with Crippen molar-refractivity contribution in [3.63, 3.8) is 0 Å². The number of carbonyl (C=O) groups excluding carboxylic acids is 1. The van der Waals surface area contributed by atoms with E-state index in [9.17, 15) is 4.79 Å². The van der Waals surface area contributed by atoms with Gasteiger partial charge in [-0.25, -0.2) is 0 Å². The van der Waals surface area contributed by atoms with E-state index < -0.39 is 0 Å². The maximum atomic E-state index is 13.0. The molecule has 1 fully saturated rings. The van der Waals surface area contributed by atoms with Gasteiger partial charge in [0.25, 0.3) is 5.91 Å². The molecular weight excluding hydrogens is 394 g/mol. The van der Waals surface area contributed by atoms with E-state index in [4.69, 9.17) is 4.74 Å². The summed E-state index contributed by atoms with van der Waals surface area (Å²) in [5, 5.41) is 16.7. The van der Waals surface area contributed by atoms with Crippen LogP contribution >= 0.6 is 0 Å². The van der Waals surface area contributed by atoms with Gasteiger partial charge in [-0.05, 0) is 38.6 Å². The third kappa shape index (κ3) is 4.46. The number of ether oxygens (including phenoxy) is 1. The molecule has 3 heterocycles. The molecule has 1 amide bonds. The van der Waals surface area contributed by atoms with Crippen molar-refractivity contribution in [2.45, 2.75) is 26.8 Å². The summed E-state index contributed by atoms with van der Waals surface area (Å²) >= 11 is 0. The highest BCUT2D eigenvalue weighted by molar-refractivity contribution is 6.08. The van der Waals surface area contributed by atoms with E-state index in [1.54, 1.807) is 22.9 Å². The lowest BCUT2D eigenvalue weighted by atomic mass is 10.1. The van der Waals surface area contributed by atoms with Gasteiger partial charge in [-0.1, -0.05) is 6.92 Å². The Morgan fingerprint density at radius 1 is 1.23 bits per heavy atom. The van der Waals surface area contributed by atoms with Crippen LogP contribution in [0.5, 0.6) is 5.75 Å². The third-order valence-corrected chi connectivity index (χ3v) is 5.65. The van der Waals surface area contributed by atoms with E-state index in [0.717, 1.165) is 42.9 Å². The Hall–Kier alpha value is -3.20. The number of anilines is 2. The van der Waals surface area contributed by atoms with Crippen molar-refractivity contribution in [3.05, 3.63) is 36.0 Å². The molecule has 1 unspecified atom stereocenters. The van der Waals surface area contributed by atoms with Crippen LogP contribution in [-0.4, -0.2) is 69.6 Å². The summed E-state index contributed by atoms with van der Waals surface area (Å²) in [6.07, 6.45) is 1.87. The van der Waals surface area contributed by atoms with Crippen LogP contribution in [0.15, 0.2) is 30.5 Å². The number of likely N-dealkylation sites (N-methyl/N-ethyl adjacent to an activating group) is 1. The van der Waals surface area contributed by atoms with Crippen molar-refractivity contribution < 1.29 is 9.53 Å². The van der Waals surface area contributed by atoms with Crippen LogP contribution in [0.1, 0.15) is 31.1 Å². The average molecular weight is 424 g/mol. The Morgan fingerprint density at radius 2 is 2.06 bits per heavy atom. The first kappa shape index (κ1) is 21.0. The second-order valence-electron chi connectivity index (χ2n) is 7.80. The van der Waals surface area contributed by atoms with Crippen molar-refractivity contribution >= 4 is 28.4 Å². The van der Waals surface area contributed by atoms with Gasteiger partial charge in [0.15, 0.2) is 11.6 Å². The Bertz CT molecular complexity index is 1060. The molecule has 0 spiro atoms. The molecule has 2 aromatic heterocycles. The van der Waals surface area contributed by atoms with Crippen LogP contribution in [0.2, 0.25) is 0 Å². The summed E-state index contributed by atoms with van der Waals surface area (Å²) in [7, 11) is 1.85. The lowest BCUT2D eigenvalue weighted by Gasteiger charge is -2.39. The number of hydrogen-bond donors (Lipinski definition) is 1. The van der Waals surface area contributed by atoms with Crippen molar-refractivity contribution in [1.29, 1.82) is 0 Å². The van der Waals surface area contributed by atoms with Crippen molar-refractivity contribution in [2.75, 3.05) is 43.0 Å². The molecule has 1 N–H and O–H groups in total. The molecule has 1 aliphatic heterocycles. The molecule has 0 bridgehead atoms. The minimum atomic E-state index is -0.290. The number of aromatic nitrogens is 4. The summed E-state index contributed by atoms with van der Waals surface area (Å²) in [6.45, 7) is 10.7. The quantitative estimate of drug-likeness (QED) is 0.652. The monoisotopic (exact) mass is 423 g/mol. The predicted molar refractivity (Wildman–Crippen MR) is 121 cm³/mol. The van der Waals surface area contributed by atoms with E-state index in [2.05, 4.69) is 44.3 Å². The van der Waals surface area contributed by atoms with Gasteiger partial charge in [-0.2, -0.15) is 5.10 Å². The Labute approximate surface area is 182 Å². The van der Waals surface area contributed by atoms with Crippen molar-refractivity contribution in [3.8, 4) is 5.75 Å². The van der Waals surface area contributed by atoms with Gasteiger partial charge in [0.2, 0.25) is 0 Å². The van der Waals surface area contributed by atoms with Crippen LogP contribution in [-0.2, 0) is 7.05 Å². The molecule has 9 heteroatoms. The van der Waals surface area contributed by atoms with Crippen LogP contribution in [0, 0.1) is 0 Å². The van der Waals surface area contributed by atoms with E-state index in [1.807, 2.05) is 26.2 Å². The Kier molecular flexibility index (Phi) is 6.03. The molecule has 0 aliphatic carbocycles. The van der Waals surface area contributed by atoms with Gasteiger partial charge in [-0.3, -0.25) is 14.4 Å². The number of amides is 1. The molecule has 9 nitrogen and oxygen atoms in total. The third-order valence-electron chi connectivity index (χ3n) is 5.65. The van der Waals surface area contributed by atoms with E-state index in [-0.39, 0.29) is 5.91 Å². The first-order chi connectivity index (χ1) is 15.0. The molecular formula is C22H29N7O2. The maximum Gasteiger partial charge on any atom is 0.260 e. The molecule has 164 valence electrons. The second kappa shape index (κ2) is 8.89. The first-order valence-electron chi connectivity index (χ1n) is 10.7. The molecule has 3 aromatic rings. The second-order valence-corrected chi connectivity index (χ2v) is 7.80. The maximum absolute atomic E-state index is 13.0. The van der Waals surface area contributed by atoms with Crippen molar-refractivity contribution in [1.82, 2.24) is 24.9 Å². The number of benzene rings is 1. The summed E-state index contributed by atoms with van der Waals surface area (Å²) in [5.41, 5.74) is 1.22. The summed E-state index contributed by atoms with van der Waals surface area (Å²) in [5.74, 6) is 1.44. The smallest absolute Gasteiger partial charge is 0.260 e. The number of piperazine rings is 1. The number of nitrogens with one attached hydrogen (secondary N) is 1. The Morgan fingerprint density at radius 3 is 2.74 bits per heavy atom. The normalized spacial score (nSPS) is 17.2. The van der Waals surface area contributed by atoms with E-state index in [1.165, 1.54) is 0 Å². The lowest BCUT2D eigenvalue weighted by Crippen LogP contribution is -2.52. The van der Waals surface area contributed by atoms with Gasteiger partial charge >= 0.3 is 0 Å². The summed E-state index contributed by atoms with van der Waals surface area (Å²) < 4.78 is 7.40. The number of nitrogens with zero attached hydrogens (tertiary/aromatic N) is 6. The molecule has 0 radical (unpaired) electrons. The predicted octanol–water partition coefficient (Wildman–Crippen LogP) is 2.54. The standard InChI is InChI=1S/C22H29N7O2/c1-5-28-9-10-29(13-15(28)3)21-8-7-20(24-25-21)23-22(30)17-11-16-14-27(4)26-18(16)12-19(17)31-6-2/h7-8,11-12,14-15H,5-6,9-10,13H2,1-4H3,(H,23,24,30). The topological polar surface area (TPSA) is 88.4 Å². The first-order valence-corrected chi connectivity index (χ1v) is 10.7. The highest BCUT2D eigenvalue weighted by Crippen LogP contribution is 2.26. The number of rotatable bonds is 6. The number of fused-ring (bicyclic) bond motifs is 1. The van der Waals surface area contributed by atoms with Crippen LogP contribution < -0.4 is 15.0 Å². The number of aryl methyl sites for hydroxylation is 1. The van der Waals surface area contributed by atoms with Crippen LogP contribution in [0.4, 0.5) is 11.6 Å². The van der Waals surface area contributed by atoms with Crippen LogP contribution in [0.25, 0.3) is 10.9 Å². The van der Waals surface area contributed by atoms with Crippen LogP contribution in [0.3, 0.4) is 0 Å². The highest BCUT2D eigenvalue weighted by atomic mass is 16.5. The Balaban J connectivity index is 1.49. The fourth-order valence-corrected chi connectivity index (χ4v) is 4.05. The molecule has 1 saturated heterocycles. The largest absolute Gasteiger partial charge is 0.493 e. The fourth-order valence-electron chi connectivity index (χ4n) is 4.05. The fraction of sp³-hybridized carbons (Fsp3) is 0.455. The average Bonchev–Trinajstić information content (AvgIpc) is 3.12. The highest BCUT2D eigenvalue weighted by Gasteiger charge is 2.23. The summed E-state index contributed by atoms with van der Waals surface area (Å²) in [4.78, 5) is 17.6.